The summed E-state index contributed by atoms with van der Waals surface area (Å²) in [7, 11) is 7.49. The summed E-state index contributed by atoms with van der Waals surface area (Å²) in [4.78, 5) is 2.18. The number of hydrogen-bond acceptors (Lipinski definition) is 4. The van der Waals surface area contributed by atoms with E-state index in [2.05, 4.69) is 40.2 Å². The third-order valence-electron chi connectivity index (χ3n) is 2.85. The third kappa shape index (κ3) is 5.01. The van der Waals surface area contributed by atoms with E-state index in [1.165, 1.54) is 0 Å². The van der Waals surface area contributed by atoms with Gasteiger partial charge in [-0.05, 0) is 45.7 Å². The zero-order valence-electron chi connectivity index (χ0n) is 12.1. The van der Waals surface area contributed by atoms with Gasteiger partial charge in [0.1, 0.15) is 0 Å². The molecule has 0 spiro atoms. The van der Waals surface area contributed by atoms with Crippen LogP contribution in [0.2, 0.25) is 0 Å². The maximum atomic E-state index is 5.44. The minimum absolute atomic E-state index is 0.758. The second-order valence-corrected chi connectivity index (χ2v) is 5.45. The lowest BCUT2D eigenvalue weighted by atomic mass is 10.2. The summed E-state index contributed by atoms with van der Waals surface area (Å²) in [6.07, 6.45) is 1.12. The Hall–Kier alpha value is -0.780. The van der Waals surface area contributed by atoms with Crippen LogP contribution in [0.5, 0.6) is 11.5 Å². The predicted octanol–water partition coefficient (Wildman–Crippen LogP) is 2.51. The molecule has 0 aliphatic carbocycles. The fraction of sp³-hybridized carbons (Fsp3) is 0.571. The lowest BCUT2D eigenvalue weighted by Crippen LogP contribution is -2.21. The molecule has 1 aromatic rings. The fourth-order valence-electron chi connectivity index (χ4n) is 1.87. The number of methoxy groups -OCH3 is 2. The SMILES string of the molecule is COc1ccc(Br)c(CNCCCN(C)C)c1OC. The molecular formula is C14H23BrN2O2. The summed E-state index contributed by atoms with van der Waals surface area (Å²) in [5.41, 5.74) is 1.09. The molecule has 0 saturated carbocycles. The number of halogens is 1. The monoisotopic (exact) mass is 330 g/mol. The molecule has 19 heavy (non-hydrogen) atoms. The highest BCUT2D eigenvalue weighted by atomic mass is 79.9. The first-order valence-corrected chi connectivity index (χ1v) is 7.14. The Morgan fingerprint density at radius 1 is 1.21 bits per heavy atom. The van der Waals surface area contributed by atoms with E-state index in [1.54, 1.807) is 14.2 Å². The molecule has 0 unspecified atom stereocenters. The first kappa shape index (κ1) is 16.3. The molecule has 0 atom stereocenters. The van der Waals surface area contributed by atoms with Crippen LogP contribution in [-0.2, 0) is 6.54 Å². The molecule has 4 nitrogen and oxygen atoms in total. The molecule has 0 bridgehead atoms. The number of nitrogens with one attached hydrogen (secondary N) is 1. The second-order valence-electron chi connectivity index (χ2n) is 4.60. The minimum Gasteiger partial charge on any atom is -0.493 e. The van der Waals surface area contributed by atoms with E-state index in [9.17, 15) is 0 Å². The number of ether oxygens (including phenoxy) is 2. The van der Waals surface area contributed by atoms with Gasteiger partial charge >= 0.3 is 0 Å². The summed E-state index contributed by atoms with van der Waals surface area (Å²) in [5.74, 6) is 1.55. The van der Waals surface area contributed by atoms with Crippen molar-refractivity contribution in [2.24, 2.45) is 0 Å². The van der Waals surface area contributed by atoms with Gasteiger partial charge in [-0.3, -0.25) is 0 Å². The molecule has 0 fully saturated rings. The van der Waals surface area contributed by atoms with E-state index in [0.717, 1.165) is 47.6 Å². The van der Waals surface area contributed by atoms with Gasteiger partial charge in [0.15, 0.2) is 11.5 Å². The standard InChI is InChI=1S/C14H23BrN2O2/c1-17(2)9-5-8-16-10-11-12(15)6-7-13(18-3)14(11)19-4/h6-7,16H,5,8-10H2,1-4H3. The van der Waals surface area contributed by atoms with E-state index in [0.29, 0.717) is 0 Å². The molecule has 0 aliphatic heterocycles. The van der Waals surface area contributed by atoms with E-state index < -0.39 is 0 Å². The predicted molar refractivity (Wildman–Crippen MR) is 82.1 cm³/mol. The van der Waals surface area contributed by atoms with Gasteiger partial charge in [0.05, 0.1) is 14.2 Å². The smallest absolute Gasteiger partial charge is 0.166 e. The first-order chi connectivity index (χ1) is 9.10. The van der Waals surface area contributed by atoms with Gasteiger partial charge < -0.3 is 19.7 Å². The Morgan fingerprint density at radius 2 is 1.95 bits per heavy atom. The van der Waals surface area contributed by atoms with E-state index in [1.807, 2.05) is 12.1 Å². The largest absolute Gasteiger partial charge is 0.493 e. The van der Waals surface area contributed by atoms with Crippen molar-refractivity contribution in [3.05, 3.63) is 22.2 Å². The topological polar surface area (TPSA) is 33.7 Å². The minimum atomic E-state index is 0.758. The quantitative estimate of drug-likeness (QED) is 0.742. The first-order valence-electron chi connectivity index (χ1n) is 6.35. The van der Waals surface area contributed by atoms with Crippen LogP contribution in [0.3, 0.4) is 0 Å². The Bertz CT molecular complexity index is 397. The van der Waals surface area contributed by atoms with E-state index in [4.69, 9.17) is 9.47 Å². The molecule has 1 rings (SSSR count). The Labute approximate surface area is 124 Å². The van der Waals surface area contributed by atoms with Crippen molar-refractivity contribution in [3.8, 4) is 11.5 Å². The van der Waals surface area contributed by atoms with Crippen LogP contribution in [0.1, 0.15) is 12.0 Å². The maximum absolute atomic E-state index is 5.44. The lowest BCUT2D eigenvalue weighted by Gasteiger charge is -2.15. The van der Waals surface area contributed by atoms with Crippen LogP contribution in [0.15, 0.2) is 16.6 Å². The zero-order chi connectivity index (χ0) is 14.3. The van der Waals surface area contributed by atoms with Crippen molar-refractivity contribution < 1.29 is 9.47 Å². The highest BCUT2D eigenvalue weighted by Crippen LogP contribution is 2.35. The van der Waals surface area contributed by atoms with E-state index in [-0.39, 0.29) is 0 Å². The summed E-state index contributed by atoms with van der Waals surface area (Å²) in [6, 6.07) is 3.89. The van der Waals surface area contributed by atoms with Crippen molar-refractivity contribution >= 4 is 15.9 Å². The molecule has 108 valence electrons. The molecular weight excluding hydrogens is 308 g/mol. The van der Waals surface area contributed by atoms with Gasteiger partial charge in [-0.15, -0.1) is 0 Å². The number of rotatable bonds is 8. The Balaban J connectivity index is 2.61. The number of nitrogens with zero attached hydrogens (tertiary/aromatic N) is 1. The zero-order valence-corrected chi connectivity index (χ0v) is 13.7. The maximum Gasteiger partial charge on any atom is 0.166 e. The molecule has 0 saturated heterocycles. The fourth-order valence-corrected chi connectivity index (χ4v) is 2.32. The van der Waals surface area contributed by atoms with Crippen LogP contribution in [0.25, 0.3) is 0 Å². The van der Waals surface area contributed by atoms with Crippen molar-refractivity contribution in [3.63, 3.8) is 0 Å². The van der Waals surface area contributed by atoms with Crippen molar-refractivity contribution in [1.82, 2.24) is 10.2 Å². The van der Waals surface area contributed by atoms with Crippen LogP contribution in [-0.4, -0.2) is 46.3 Å². The van der Waals surface area contributed by atoms with Crippen LogP contribution < -0.4 is 14.8 Å². The van der Waals surface area contributed by atoms with Crippen molar-refractivity contribution in [2.45, 2.75) is 13.0 Å². The van der Waals surface area contributed by atoms with Crippen LogP contribution in [0, 0.1) is 0 Å². The molecule has 0 heterocycles. The number of hydrogen-bond donors (Lipinski definition) is 1. The lowest BCUT2D eigenvalue weighted by molar-refractivity contribution is 0.349. The van der Waals surface area contributed by atoms with E-state index >= 15 is 0 Å². The summed E-state index contributed by atoms with van der Waals surface area (Å²) in [6.45, 7) is 2.82. The Morgan fingerprint density at radius 3 is 2.53 bits per heavy atom. The summed E-state index contributed by atoms with van der Waals surface area (Å²) in [5, 5.41) is 3.43. The molecule has 5 heteroatoms. The highest BCUT2D eigenvalue weighted by Gasteiger charge is 2.12. The summed E-state index contributed by atoms with van der Waals surface area (Å²) >= 11 is 3.56. The average molecular weight is 331 g/mol. The van der Waals surface area contributed by atoms with Gasteiger partial charge in [-0.2, -0.15) is 0 Å². The second kappa shape index (κ2) is 8.40. The van der Waals surface area contributed by atoms with Gasteiger partial charge in [-0.1, -0.05) is 15.9 Å². The molecule has 0 radical (unpaired) electrons. The van der Waals surface area contributed by atoms with Crippen molar-refractivity contribution in [2.75, 3.05) is 41.4 Å². The van der Waals surface area contributed by atoms with Gasteiger partial charge in [0, 0.05) is 16.6 Å². The number of benzene rings is 1. The molecule has 1 N–H and O–H groups in total. The van der Waals surface area contributed by atoms with Crippen molar-refractivity contribution in [1.29, 1.82) is 0 Å². The molecule has 1 aromatic carbocycles. The molecule has 0 amide bonds. The normalized spacial score (nSPS) is 10.8. The van der Waals surface area contributed by atoms with Crippen LogP contribution in [0.4, 0.5) is 0 Å². The highest BCUT2D eigenvalue weighted by molar-refractivity contribution is 9.10. The molecule has 0 aromatic heterocycles. The van der Waals surface area contributed by atoms with Gasteiger partial charge in [0.2, 0.25) is 0 Å². The average Bonchev–Trinajstić information content (AvgIpc) is 2.39. The van der Waals surface area contributed by atoms with Gasteiger partial charge in [0.25, 0.3) is 0 Å². The summed E-state index contributed by atoms with van der Waals surface area (Å²) < 4.78 is 11.8. The van der Waals surface area contributed by atoms with Crippen LogP contribution >= 0.6 is 15.9 Å². The molecule has 0 aliphatic rings. The Kier molecular flexibility index (Phi) is 7.20. The third-order valence-corrected chi connectivity index (χ3v) is 3.59. The van der Waals surface area contributed by atoms with Gasteiger partial charge in [-0.25, -0.2) is 0 Å².